The highest BCUT2D eigenvalue weighted by molar-refractivity contribution is 9.05. The zero-order chi connectivity index (χ0) is 16.1. The normalized spacial score (nSPS) is 22.0. The molecule has 2 aliphatic rings. The zero-order valence-electron chi connectivity index (χ0n) is 12.2. The predicted molar refractivity (Wildman–Crippen MR) is 93.1 cm³/mol. The second kappa shape index (κ2) is 7.83. The lowest BCUT2D eigenvalue weighted by molar-refractivity contribution is -0.126. The maximum absolute atomic E-state index is 6.15. The number of benzene rings is 1. The summed E-state index contributed by atoms with van der Waals surface area (Å²) in [4.78, 5) is 10.4. The number of nitrogens with zero attached hydrogens (tertiary/aromatic N) is 3. The maximum Gasteiger partial charge on any atom is 0.223 e. The minimum atomic E-state index is -0.0264. The zero-order valence-corrected chi connectivity index (χ0v) is 14.6. The molecule has 0 aromatic heterocycles. The number of aliphatic imine (C=N–C) groups is 1. The Morgan fingerprint density at radius 1 is 1.35 bits per heavy atom. The fraction of sp³-hybridized carbons (Fsp3) is 0.267. The van der Waals surface area contributed by atoms with Gasteiger partial charge in [-0.3, -0.25) is 4.84 Å². The summed E-state index contributed by atoms with van der Waals surface area (Å²) in [6.45, 7) is 1.91. The van der Waals surface area contributed by atoms with Crippen molar-refractivity contribution in [3.63, 3.8) is 0 Å². The number of para-hydroxylation sites is 1. The van der Waals surface area contributed by atoms with Crippen LogP contribution in [0.15, 0.2) is 53.7 Å². The van der Waals surface area contributed by atoms with E-state index in [4.69, 9.17) is 20.4 Å². The fourth-order valence-corrected chi connectivity index (χ4v) is 2.72. The standard InChI is InChI=1S/C15H16BrClN4O2/c16-23-20-9-4-3-5-12(20)11-22-21-10-8-18-15(21)19-14-7-2-1-6-13(14)17/h1-7,9,12H,8,10-11H2,(H,18,19). The van der Waals surface area contributed by atoms with Crippen LogP contribution in [0.4, 0.5) is 5.69 Å². The average Bonchev–Trinajstić information content (AvgIpc) is 3.02. The molecular weight excluding hydrogens is 384 g/mol. The molecule has 0 radical (unpaired) electrons. The molecule has 0 spiro atoms. The highest BCUT2D eigenvalue weighted by Crippen LogP contribution is 2.24. The molecule has 0 saturated carbocycles. The van der Waals surface area contributed by atoms with Crippen molar-refractivity contribution in [3.8, 4) is 0 Å². The number of halogens is 2. The highest BCUT2D eigenvalue weighted by Gasteiger charge is 2.23. The van der Waals surface area contributed by atoms with Crippen molar-refractivity contribution in [2.45, 2.75) is 6.04 Å². The summed E-state index contributed by atoms with van der Waals surface area (Å²) in [6.07, 6.45) is 7.66. The van der Waals surface area contributed by atoms with E-state index in [0.29, 0.717) is 29.8 Å². The Bertz CT molecular complexity index is 638. The Balaban J connectivity index is 1.64. The Morgan fingerprint density at radius 2 is 2.22 bits per heavy atom. The molecular formula is C15H16BrClN4O2. The van der Waals surface area contributed by atoms with Crippen LogP contribution < -0.4 is 5.32 Å². The van der Waals surface area contributed by atoms with Gasteiger partial charge in [0, 0.05) is 12.7 Å². The number of rotatable bonds is 5. The summed E-state index contributed by atoms with van der Waals surface area (Å²) < 4.78 is 5.10. The van der Waals surface area contributed by atoms with Gasteiger partial charge in [0.05, 0.1) is 17.3 Å². The van der Waals surface area contributed by atoms with E-state index in [9.17, 15) is 0 Å². The van der Waals surface area contributed by atoms with Crippen LogP contribution in [0, 0.1) is 0 Å². The first-order valence-corrected chi connectivity index (χ1v) is 8.20. The first-order valence-electron chi connectivity index (χ1n) is 7.17. The largest absolute Gasteiger partial charge is 0.352 e. The summed E-state index contributed by atoms with van der Waals surface area (Å²) in [5, 5.41) is 7.21. The smallest absolute Gasteiger partial charge is 0.223 e. The second-order valence-corrected chi connectivity index (χ2v) is 5.63. The number of hydrogen-bond donors (Lipinski definition) is 1. The third kappa shape index (κ3) is 4.06. The van der Waals surface area contributed by atoms with Crippen LogP contribution in [-0.4, -0.2) is 41.8 Å². The van der Waals surface area contributed by atoms with Gasteiger partial charge >= 0.3 is 0 Å². The van der Waals surface area contributed by atoms with Crippen LogP contribution in [0.2, 0.25) is 5.02 Å². The quantitative estimate of drug-likeness (QED) is 0.824. The monoisotopic (exact) mass is 398 g/mol. The maximum atomic E-state index is 6.15. The van der Waals surface area contributed by atoms with Crippen LogP contribution in [0.3, 0.4) is 0 Å². The van der Waals surface area contributed by atoms with Gasteiger partial charge in [0.15, 0.2) is 0 Å². The van der Waals surface area contributed by atoms with Gasteiger partial charge in [-0.1, -0.05) is 35.9 Å². The number of allylic oxidation sites excluding steroid dienone is 2. The molecule has 1 saturated heterocycles. The molecule has 0 aliphatic carbocycles. The molecule has 1 atom stereocenters. The summed E-state index contributed by atoms with van der Waals surface area (Å²) >= 11 is 9.14. The fourth-order valence-electron chi connectivity index (χ4n) is 2.23. The molecule has 0 bridgehead atoms. The van der Waals surface area contributed by atoms with E-state index in [-0.39, 0.29) is 6.04 Å². The van der Waals surface area contributed by atoms with Gasteiger partial charge in [0.2, 0.25) is 5.96 Å². The molecule has 3 rings (SSSR count). The number of nitrogens with one attached hydrogen (secondary N) is 1. The molecule has 0 amide bonds. The van der Waals surface area contributed by atoms with Crippen LogP contribution in [0.5, 0.6) is 0 Å². The van der Waals surface area contributed by atoms with Crippen molar-refractivity contribution in [1.82, 2.24) is 15.4 Å². The van der Waals surface area contributed by atoms with E-state index < -0.39 is 0 Å². The molecule has 1 N–H and O–H groups in total. The van der Waals surface area contributed by atoms with Crippen molar-refractivity contribution in [2.75, 3.05) is 19.7 Å². The molecule has 122 valence electrons. The van der Waals surface area contributed by atoms with Gasteiger partial charge in [0.25, 0.3) is 0 Å². The van der Waals surface area contributed by atoms with E-state index in [1.807, 2.05) is 48.7 Å². The third-order valence-electron chi connectivity index (χ3n) is 3.40. The van der Waals surface area contributed by atoms with E-state index in [0.717, 1.165) is 6.54 Å². The number of guanidine groups is 1. The topological polar surface area (TPSA) is 49.3 Å². The van der Waals surface area contributed by atoms with Crippen LogP contribution in [0.25, 0.3) is 0 Å². The Labute approximate surface area is 148 Å². The van der Waals surface area contributed by atoms with E-state index in [1.165, 1.54) is 0 Å². The molecule has 1 aromatic carbocycles. The van der Waals surface area contributed by atoms with Crippen molar-refractivity contribution in [3.05, 3.63) is 53.7 Å². The van der Waals surface area contributed by atoms with Gasteiger partial charge in [-0.25, -0.2) is 15.1 Å². The predicted octanol–water partition coefficient (Wildman–Crippen LogP) is 3.16. The number of hydrogen-bond acceptors (Lipinski definition) is 4. The van der Waals surface area contributed by atoms with E-state index >= 15 is 0 Å². The Morgan fingerprint density at radius 3 is 3.04 bits per heavy atom. The third-order valence-corrected chi connectivity index (χ3v) is 4.05. The van der Waals surface area contributed by atoms with Gasteiger partial charge in [-0.2, -0.15) is 3.93 Å². The average molecular weight is 400 g/mol. The highest BCUT2D eigenvalue weighted by atomic mass is 79.9. The Kier molecular flexibility index (Phi) is 5.56. The minimum absolute atomic E-state index is 0.0264. The molecule has 1 unspecified atom stereocenters. The second-order valence-electron chi connectivity index (χ2n) is 4.93. The summed E-state index contributed by atoms with van der Waals surface area (Å²) in [7, 11) is 0. The van der Waals surface area contributed by atoms with E-state index in [2.05, 4.69) is 26.6 Å². The van der Waals surface area contributed by atoms with Gasteiger partial charge in [0.1, 0.15) is 28.9 Å². The molecule has 8 heteroatoms. The summed E-state index contributed by atoms with van der Waals surface area (Å²) in [6, 6.07) is 7.42. The van der Waals surface area contributed by atoms with Crippen molar-refractivity contribution < 1.29 is 8.77 Å². The minimum Gasteiger partial charge on any atom is -0.352 e. The molecule has 2 aliphatic heterocycles. The van der Waals surface area contributed by atoms with Gasteiger partial charge in [-0.15, -0.1) is 0 Å². The SMILES string of the molecule is Clc1ccccc1N=C1NCCN1OCC1C=CC=CN1OBr. The van der Waals surface area contributed by atoms with Gasteiger partial charge < -0.3 is 5.32 Å². The van der Waals surface area contributed by atoms with E-state index in [1.54, 1.807) is 10.1 Å². The summed E-state index contributed by atoms with van der Waals surface area (Å²) in [5.41, 5.74) is 0.707. The molecule has 1 fully saturated rings. The van der Waals surface area contributed by atoms with Crippen molar-refractivity contribution in [1.29, 1.82) is 0 Å². The van der Waals surface area contributed by atoms with Crippen LogP contribution >= 0.6 is 27.9 Å². The lowest BCUT2D eigenvalue weighted by atomic mass is 10.2. The van der Waals surface area contributed by atoms with Crippen molar-refractivity contribution >= 4 is 39.5 Å². The lowest BCUT2D eigenvalue weighted by Crippen LogP contribution is -2.38. The Hall–Kier alpha value is -1.54. The van der Waals surface area contributed by atoms with Crippen molar-refractivity contribution in [2.24, 2.45) is 4.99 Å². The first kappa shape index (κ1) is 16.3. The first-order chi connectivity index (χ1) is 11.3. The van der Waals surface area contributed by atoms with Crippen LogP contribution in [0.1, 0.15) is 0 Å². The number of hydroxylamine groups is 4. The van der Waals surface area contributed by atoms with Gasteiger partial charge in [-0.05, 0) is 18.2 Å². The molecule has 6 nitrogen and oxygen atoms in total. The molecule has 1 aromatic rings. The lowest BCUT2D eigenvalue weighted by Gasteiger charge is -2.27. The molecule has 23 heavy (non-hydrogen) atoms. The molecule has 2 heterocycles. The summed E-state index contributed by atoms with van der Waals surface area (Å²) in [5.74, 6) is 0.653. The van der Waals surface area contributed by atoms with Crippen LogP contribution in [-0.2, 0) is 8.77 Å².